The maximum absolute atomic E-state index is 11.9. The Kier molecular flexibility index (Phi) is 3.43. The molecule has 2 rings (SSSR count). The van der Waals surface area contributed by atoms with Crippen molar-refractivity contribution in [3.63, 3.8) is 0 Å². The van der Waals surface area contributed by atoms with E-state index in [1.165, 1.54) is 24.1 Å². The Hall–Kier alpha value is -2.48. The van der Waals surface area contributed by atoms with Crippen LogP contribution in [0.4, 0.5) is 5.69 Å². The van der Waals surface area contributed by atoms with Crippen LogP contribution in [0.15, 0.2) is 18.2 Å². The van der Waals surface area contributed by atoms with Gasteiger partial charge in [-0.05, 0) is 12.1 Å². The van der Waals surface area contributed by atoms with Crippen molar-refractivity contribution in [3.05, 3.63) is 23.8 Å². The number of rotatable bonds is 3. The average molecular weight is 259 g/mol. The summed E-state index contributed by atoms with van der Waals surface area (Å²) in [6, 6.07) is 4.48. The van der Waals surface area contributed by atoms with Crippen LogP contribution in [0.25, 0.3) is 0 Å². The highest BCUT2D eigenvalue weighted by Gasteiger charge is 2.30. The quantitative estimate of drug-likeness (QED) is 0.833. The summed E-state index contributed by atoms with van der Waals surface area (Å²) in [6.45, 7) is 0.404. The molecule has 98 valence electrons. The number of amides is 1. The minimum Gasteiger partial charge on any atom is -0.497 e. The van der Waals surface area contributed by atoms with Gasteiger partial charge in [0.15, 0.2) is 0 Å². The zero-order valence-corrected chi connectivity index (χ0v) is 10.4. The lowest BCUT2D eigenvalue weighted by Gasteiger charge is -2.17. The van der Waals surface area contributed by atoms with Gasteiger partial charge in [-0.2, -0.15) is 0 Å². The number of nitrogens with zero attached hydrogens (tertiary/aromatic N) is 1. The minimum atomic E-state index is -1.07. The fourth-order valence-electron chi connectivity index (χ4n) is 2.05. The van der Waals surface area contributed by atoms with Gasteiger partial charge in [0, 0.05) is 30.6 Å². The molecule has 0 saturated carbocycles. The van der Waals surface area contributed by atoms with Gasteiger partial charge in [-0.25, -0.2) is 4.79 Å². The van der Waals surface area contributed by atoms with Gasteiger partial charge >= 0.3 is 5.97 Å². The number of carboxylic acid groups (broad SMARTS) is 1. The van der Waals surface area contributed by atoms with E-state index in [1.54, 1.807) is 6.07 Å². The number of hydrogen-bond acceptors (Lipinski definition) is 3. The monoisotopic (exact) mass is 259 g/mol. The first-order valence-electron chi connectivity index (χ1n) is 5.74. The SMILES string of the molecule is C#CC1CC(=O)N(c2cc(OC)cc(C(=O)O)c2)C1. The fourth-order valence-corrected chi connectivity index (χ4v) is 2.05. The van der Waals surface area contributed by atoms with Gasteiger partial charge in [-0.3, -0.25) is 4.79 Å². The van der Waals surface area contributed by atoms with Crippen molar-refractivity contribution in [3.8, 4) is 18.1 Å². The number of carbonyl (C=O) groups is 2. The molecule has 0 spiro atoms. The molecule has 1 atom stereocenters. The number of benzene rings is 1. The second-order valence-electron chi connectivity index (χ2n) is 4.30. The number of carboxylic acids is 1. The summed E-state index contributed by atoms with van der Waals surface area (Å²) in [5, 5.41) is 9.04. The fraction of sp³-hybridized carbons (Fsp3) is 0.286. The van der Waals surface area contributed by atoms with E-state index in [4.69, 9.17) is 16.3 Å². The third kappa shape index (κ3) is 2.52. The second-order valence-corrected chi connectivity index (χ2v) is 4.30. The number of aromatic carboxylic acids is 1. The van der Waals surface area contributed by atoms with Crippen molar-refractivity contribution < 1.29 is 19.4 Å². The number of terminal acetylenes is 1. The van der Waals surface area contributed by atoms with E-state index < -0.39 is 5.97 Å². The first-order valence-corrected chi connectivity index (χ1v) is 5.74. The standard InChI is InChI=1S/C14H13NO4/c1-3-9-4-13(16)15(8-9)11-5-10(14(17)18)6-12(7-11)19-2/h1,5-7,9H,4,8H2,2H3,(H,17,18). The van der Waals surface area contributed by atoms with Crippen molar-refractivity contribution in [1.29, 1.82) is 0 Å². The highest BCUT2D eigenvalue weighted by atomic mass is 16.5. The molecule has 1 aromatic rings. The zero-order chi connectivity index (χ0) is 14.0. The molecule has 1 heterocycles. The molecule has 1 saturated heterocycles. The number of anilines is 1. The molecule has 1 amide bonds. The normalized spacial score (nSPS) is 18.2. The van der Waals surface area contributed by atoms with E-state index in [9.17, 15) is 9.59 Å². The largest absolute Gasteiger partial charge is 0.497 e. The molecule has 1 unspecified atom stereocenters. The minimum absolute atomic E-state index is 0.0753. The highest BCUT2D eigenvalue weighted by Crippen LogP contribution is 2.29. The van der Waals surface area contributed by atoms with Crippen molar-refractivity contribution in [2.24, 2.45) is 5.92 Å². The molecule has 5 heteroatoms. The van der Waals surface area contributed by atoms with E-state index in [0.717, 1.165) is 0 Å². The van der Waals surface area contributed by atoms with Crippen LogP contribution in [0.3, 0.4) is 0 Å². The van der Waals surface area contributed by atoms with Crippen molar-refractivity contribution in [1.82, 2.24) is 0 Å². The van der Waals surface area contributed by atoms with Crippen LogP contribution >= 0.6 is 0 Å². The van der Waals surface area contributed by atoms with Gasteiger partial charge in [0.1, 0.15) is 5.75 Å². The van der Waals surface area contributed by atoms with Crippen molar-refractivity contribution in [2.75, 3.05) is 18.6 Å². The Morgan fingerprint density at radius 3 is 2.79 bits per heavy atom. The Morgan fingerprint density at radius 2 is 2.26 bits per heavy atom. The molecule has 5 nitrogen and oxygen atoms in total. The predicted molar refractivity (Wildman–Crippen MR) is 69.2 cm³/mol. The van der Waals surface area contributed by atoms with Gasteiger partial charge in [-0.1, -0.05) is 0 Å². The zero-order valence-electron chi connectivity index (χ0n) is 10.4. The summed E-state index contributed by atoms with van der Waals surface area (Å²) in [5.74, 6) is 1.64. The number of methoxy groups -OCH3 is 1. The first-order chi connectivity index (χ1) is 9.05. The van der Waals surface area contributed by atoms with Crippen LogP contribution in [0, 0.1) is 18.3 Å². The van der Waals surface area contributed by atoms with Crippen LogP contribution in [0.5, 0.6) is 5.75 Å². The molecule has 1 aliphatic heterocycles. The highest BCUT2D eigenvalue weighted by molar-refractivity contribution is 5.98. The molecule has 0 aliphatic carbocycles. The van der Waals surface area contributed by atoms with Crippen LogP contribution in [-0.2, 0) is 4.79 Å². The average Bonchev–Trinajstić information content (AvgIpc) is 2.79. The second kappa shape index (κ2) is 5.02. The lowest BCUT2D eigenvalue weighted by molar-refractivity contribution is -0.117. The van der Waals surface area contributed by atoms with E-state index in [-0.39, 0.29) is 23.8 Å². The van der Waals surface area contributed by atoms with Crippen LogP contribution in [0.2, 0.25) is 0 Å². The molecule has 0 radical (unpaired) electrons. The van der Waals surface area contributed by atoms with Gasteiger partial charge in [0.05, 0.1) is 12.7 Å². The molecule has 1 aliphatic rings. The summed E-state index contributed by atoms with van der Waals surface area (Å²) in [5.41, 5.74) is 0.575. The van der Waals surface area contributed by atoms with E-state index in [1.807, 2.05) is 0 Å². The van der Waals surface area contributed by atoms with E-state index in [2.05, 4.69) is 5.92 Å². The lowest BCUT2D eigenvalue weighted by atomic mass is 10.1. The molecule has 1 aromatic carbocycles. The van der Waals surface area contributed by atoms with Gasteiger partial charge < -0.3 is 14.7 Å². The van der Waals surface area contributed by atoms with E-state index in [0.29, 0.717) is 18.0 Å². The Labute approximate surface area is 110 Å². The molecular formula is C14H13NO4. The maximum atomic E-state index is 11.9. The molecule has 1 N–H and O–H groups in total. The van der Waals surface area contributed by atoms with Crippen molar-refractivity contribution in [2.45, 2.75) is 6.42 Å². The number of carbonyl (C=O) groups excluding carboxylic acids is 1. The summed E-state index contributed by atoms with van der Waals surface area (Å²) < 4.78 is 5.05. The van der Waals surface area contributed by atoms with Gasteiger partial charge in [-0.15, -0.1) is 12.3 Å². The molecule has 0 bridgehead atoms. The summed E-state index contributed by atoms with van der Waals surface area (Å²) in [7, 11) is 1.45. The first kappa shape index (κ1) is 13.0. The topological polar surface area (TPSA) is 66.8 Å². The molecule has 19 heavy (non-hydrogen) atoms. The Balaban J connectivity index is 2.40. The maximum Gasteiger partial charge on any atom is 0.335 e. The number of hydrogen-bond donors (Lipinski definition) is 1. The van der Waals surface area contributed by atoms with Gasteiger partial charge in [0.25, 0.3) is 0 Å². The third-order valence-electron chi connectivity index (χ3n) is 3.05. The van der Waals surface area contributed by atoms with Gasteiger partial charge in [0.2, 0.25) is 5.91 Å². The summed E-state index contributed by atoms with van der Waals surface area (Å²) >= 11 is 0. The summed E-state index contributed by atoms with van der Waals surface area (Å²) in [4.78, 5) is 24.4. The van der Waals surface area contributed by atoms with Crippen LogP contribution in [0.1, 0.15) is 16.8 Å². The molecule has 0 aromatic heterocycles. The lowest BCUT2D eigenvalue weighted by Crippen LogP contribution is -2.24. The third-order valence-corrected chi connectivity index (χ3v) is 3.05. The predicted octanol–water partition coefficient (Wildman–Crippen LogP) is 1.38. The Morgan fingerprint density at radius 1 is 1.53 bits per heavy atom. The molecular weight excluding hydrogens is 246 g/mol. The van der Waals surface area contributed by atoms with Crippen LogP contribution in [-0.4, -0.2) is 30.6 Å². The number of ether oxygens (including phenoxy) is 1. The van der Waals surface area contributed by atoms with Crippen molar-refractivity contribution >= 4 is 17.6 Å². The summed E-state index contributed by atoms with van der Waals surface area (Å²) in [6.07, 6.45) is 5.61. The smallest absolute Gasteiger partial charge is 0.335 e. The van der Waals surface area contributed by atoms with Crippen LogP contribution < -0.4 is 9.64 Å². The van der Waals surface area contributed by atoms with E-state index >= 15 is 0 Å². The molecule has 1 fully saturated rings. The Bertz CT molecular complexity index is 573.